The number of aryl methyl sites for hydroxylation is 2. The standard InChI is InChI=1S/C21H21N3OS2/c1-11(2)20-22-15(10-26-20)9-16-23-19(25)18-17(13(4)27-21(18)24-16)14-7-5-12(3)6-8-14/h5-8,10-11H,9H2,1-4H3,(H,23,24,25). The van der Waals surface area contributed by atoms with Crippen LogP contribution in [0.2, 0.25) is 0 Å². The van der Waals surface area contributed by atoms with Crippen molar-refractivity contribution >= 4 is 32.9 Å². The number of fused-ring (bicyclic) bond motifs is 1. The van der Waals surface area contributed by atoms with E-state index in [9.17, 15) is 4.79 Å². The Balaban J connectivity index is 1.76. The monoisotopic (exact) mass is 395 g/mol. The highest BCUT2D eigenvalue weighted by Gasteiger charge is 2.17. The highest BCUT2D eigenvalue weighted by molar-refractivity contribution is 7.19. The Morgan fingerprint density at radius 2 is 1.85 bits per heavy atom. The molecule has 3 aromatic heterocycles. The van der Waals surface area contributed by atoms with Crippen LogP contribution in [-0.4, -0.2) is 15.0 Å². The Kier molecular flexibility index (Phi) is 4.70. The van der Waals surface area contributed by atoms with Crippen molar-refractivity contribution in [3.63, 3.8) is 0 Å². The molecule has 4 rings (SSSR count). The molecule has 4 nitrogen and oxygen atoms in total. The lowest BCUT2D eigenvalue weighted by molar-refractivity contribution is 0.836. The molecule has 0 aliphatic heterocycles. The van der Waals surface area contributed by atoms with Crippen molar-refractivity contribution < 1.29 is 0 Å². The van der Waals surface area contributed by atoms with Crippen molar-refractivity contribution in [3.05, 3.63) is 67.0 Å². The second kappa shape index (κ2) is 7.02. The Labute approximate surface area is 166 Å². The Morgan fingerprint density at radius 3 is 2.52 bits per heavy atom. The summed E-state index contributed by atoms with van der Waals surface area (Å²) in [6.07, 6.45) is 0.547. The van der Waals surface area contributed by atoms with Gasteiger partial charge in [0.2, 0.25) is 0 Å². The van der Waals surface area contributed by atoms with Gasteiger partial charge in [0.1, 0.15) is 10.7 Å². The fourth-order valence-corrected chi connectivity index (χ4v) is 5.06. The molecule has 0 aliphatic rings. The van der Waals surface area contributed by atoms with Crippen LogP contribution in [0, 0.1) is 13.8 Å². The molecular formula is C21H21N3OS2. The van der Waals surface area contributed by atoms with Crippen LogP contribution in [0.5, 0.6) is 0 Å². The highest BCUT2D eigenvalue weighted by Crippen LogP contribution is 2.35. The number of hydrogen-bond acceptors (Lipinski definition) is 5. The molecule has 6 heteroatoms. The van der Waals surface area contributed by atoms with Gasteiger partial charge >= 0.3 is 0 Å². The van der Waals surface area contributed by atoms with Gasteiger partial charge in [0.25, 0.3) is 5.56 Å². The van der Waals surface area contributed by atoms with E-state index in [4.69, 9.17) is 4.98 Å². The molecule has 4 aromatic rings. The third-order valence-corrected chi connectivity index (χ3v) is 6.73. The zero-order valence-corrected chi connectivity index (χ0v) is 17.4. The second-order valence-corrected chi connectivity index (χ2v) is 9.19. The summed E-state index contributed by atoms with van der Waals surface area (Å²) in [6, 6.07) is 8.28. The van der Waals surface area contributed by atoms with E-state index in [-0.39, 0.29) is 5.56 Å². The fraction of sp³-hybridized carbons (Fsp3) is 0.286. The predicted molar refractivity (Wildman–Crippen MR) is 114 cm³/mol. The molecule has 0 unspecified atom stereocenters. The minimum Gasteiger partial charge on any atom is -0.310 e. The van der Waals surface area contributed by atoms with Gasteiger partial charge < -0.3 is 4.98 Å². The first-order chi connectivity index (χ1) is 12.9. The summed E-state index contributed by atoms with van der Waals surface area (Å²) in [7, 11) is 0. The van der Waals surface area contributed by atoms with Crippen LogP contribution in [0.4, 0.5) is 0 Å². The zero-order chi connectivity index (χ0) is 19.1. The molecule has 0 spiro atoms. The SMILES string of the molecule is Cc1ccc(-c2c(C)sc3nc(Cc4csc(C(C)C)n4)[nH]c(=O)c23)cc1. The largest absolute Gasteiger partial charge is 0.310 e. The molecule has 0 aliphatic carbocycles. The van der Waals surface area contributed by atoms with Crippen LogP contribution < -0.4 is 5.56 Å². The average Bonchev–Trinajstić information content (AvgIpc) is 3.20. The van der Waals surface area contributed by atoms with E-state index in [1.807, 2.05) is 0 Å². The number of nitrogens with one attached hydrogen (secondary N) is 1. The highest BCUT2D eigenvalue weighted by atomic mass is 32.1. The molecule has 1 aromatic carbocycles. The van der Waals surface area contributed by atoms with Gasteiger partial charge in [-0.25, -0.2) is 9.97 Å². The van der Waals surface area contributed by atoms with Crippen LogP contribution in [-0.2, 0) is 6.42 Å². The maximum absolute atomic E-state index is 12.9. The molecule has 0 amide bonds. The third kappa shape index (κ3) is 3.47. The summed E-state index contributed by atoms with van der Waals surface area (Å²) in [4.78, 5) is 27.1. The summed E-state index contributed by atoms with van der Waals surface area (Å²) < 4.78 is 0. The quantitative estimate of drug-likeness (QED) is 0.500. The van der Waals surface area contributed by atoms with Crippen molar-refractivity contribution in [2.24, 2.45) is 0 Å². The topological polar surface area (TPSA) is 58.6 Å². The summed E-state index contributed by atoms with van der Waals surface area (Å²) in [6.45, 7) is 8.38. The number of thiophene rings is 1. The number of thiazole rings is 1. The Morgan fingerprint density at radius 1 is 1.11 bits per heavy atom. The zero-order valence-electron chi connectivity index (χ0n) is 15.8. The lowest BCUT2D eigenvalue weighted by atomic mass is 10.0. The summed E-state index contributed by atoms with van der Waals surface area (Å²) >= 11 is 3.24. The molecule has 1 N–H and O–H groups in total. The second-order valence-electron chi connectivity index (χ2n) is 7.10. The van der Waals surface area contributed by atoms with Crippen LogP contribution in [0.25, 0.3) is 21.3 Å². The van der Waals surface area contributed by atoms with E-state index in [1.54, 1.807) is 22.7 Å². The van der Waals surface area contributed by atoms with Crippen molar-refractivity contribution in [2.75, 3.05) is 0 Å². The molecule has 138 valence electrons. The van der Waals surface area contributed by atoms with E-state index in [2.05, 4.69) is 67.3 Å². The molecule has 0 radical (unpaired) electrons. The van der Waals surface area contributed by atoms with Crippen molar-refractivity contribution in [1.29, 1.82) is 0 Å². The van der Waals surface area contributed by atoms with E-state index in [1.165, 1.54) is 5.56 Å². The third-order valence-electron chi connectivity index (χ3n) is 4.54. The number of rotatable bonds is 4. The normalized spacial score (nSPS) is 11.6. The minimum atomic E-state index is -0.0748. The number of nitrogens with zero attached hydrogens (tertiary/aromatic N) is 2. The van der Waals surface area contributed by atoms with Crippen molar-refractivity contribution in [2.45, 2.75) is 40.0 Å². The average molecular weight is 396 g/mol. The molecule has 0 saturated heterocycles. The maximum Gasteiger partial charge on any atom is 0.260 e. The van der Waals surface area contributed by atoms with E-state index < -0.39 is 0 Å². The summed E-state index contributed by atoms with van der Waals surface area (Å²) in [5, 5.41) is 3.85. The Bertz CT molecular complexity index is 1170. The number of aromatic amines is 1. The van der Waals surface area contributed by atoms with Crippen LogP contribution in [0.3, 0.4) is 0 Å². The van der Waals surface area contributed by atoms with Gasteiger partial charge in [0.15, 0.2) is 0 Å². The smallest absolute Gasteiger partial charge is 0.260 e. The minimum absolute atomic E-state index is 0.0748. The van der Waals surface area contributed by atoms with Crippen LogP contribution >= 0.6 is 22.7 Å². The number of aromatic nitrogens is 3. The van der Waals surface area contributed by atoms with Gasteiger partial charge in [-0.2, -0.15) is 0 Å². The van der Waals surface area contributed by atoms with Gasteiger partial charge in [-0.3, -0.25) is 4.79 Å². The number of hydrogen-bond donors (Lipinski definition) is 1. The van der Waals surface area contributed by atoms with Crippen molar-refractivity contribution in [1.82, 2.24) is 15.0 Å². The predicted octanol–water partition coefficient (Wildman–Crippen LogP) is 5.44. The fourth-order valence-electron chi connectivity index (χ4n) is 3.16. The van der Waals surface area contributed by atoms with Gasteiger partial charge in [0, 0.05) is 28.2 Å². The lowest BCUT2D eigenvalue weighted by Crippen LogP contribution is -2.12. The molecule has 0 bridgehead atoms. The molecular weight excluding hydrogens is 374 g/mol. The van der Waals surface area contributed by atoms with E-state index in [0.717, 1.165) is 31.5 Å². The summed E-state index contributed by atoms with van der Waals surface area (Å²) in [5.74, 6) is 1.08. The van der Waals surface area contributed by atoms with Crippen LogP contribution in [0.1, 0.15) is 46.7 Å². The van der Waals surface area contributed by atoms with Gasteiger partial charge in [-0.15, -0.1) is 22.7 Å². The maximum atomic E-state index is 12.9. The molecule has 3 heterocycles. The van der Waals surface area contributed by atoms with E-state index >= 15 is 0 Å². The molecule has 0 fully saturated rings. The number of benzene rings is 1. The molecule has 27 heavy (non-hydrogen) atoms. The van der Waals surface area contributed by atoms with Gasteiger partial charge in [-0.05, 0) is 19.4 Å². The van der Waals surface area contributed by atoms with Gasteiger partial charge in [-0.1, -0.05) is 43.7 Å². The van der Waals surface area contributed by atoms with E-state index in [0.29, 0.717) is 23.5 Å². The molecule has 0 saturated carbocycles. The van der Waals surface area contributed by atoms with Crippen LogP contribution in [0.15, 0.2) is 34.4 Å². The number of H-pyrrole nitrogens is 1. The van der Waals surface area contributed by atoms with Crippen molar-refractivity contribution in [3.8, 4) is 11.1 Å². The van der Waals surface area contributed by atoms with Gasteiger partial charge in [0.05, 0.1) is 16.1 Å². The first-order valence-corrected chi connectivity index (χ1v) is 10.7. The lowest BCUT2D eigenvalue weighted by Gasteiger charge is -2.03. The molecule has 0 atom stereocenters. The Hall–Kier alpha value is -2.31. The first-order valence-electron chi connectivity index (χ1n) is 8.96. The first kappa shape index (κ1) is 18.1. The summed E-state index contributed by atoms with van der Waals surface area (Å²) in [5.41, 5.74) is 4.14.